The van der Waals surface area contributed by atoms with E-state index in [1.165, 1.54) is 93.2 Å². The average Bonchev–Trinajstić information content (AvgIpc) is 3.49. The van der Waals surface area contributed by atoms with Gasteiger partial charge in [-0.25, -0.2) is 0 Å². The molecular formula is C59H52N2. The van der Waals surface area contributed by atoms with E-state index >= 15 is 0 Å². The third-order valence-electron chi connectivity index (χ3n) is 13.5. The Morgan fingerprint density at radius 3 is 1.25 bits per heavy atom. The lowest BCUT2D eigenvalue weighted by Gasteiger charge is -2.34. The average molecular weight is 789 g/mol. The van der Waals surface area contributed by atoms with Gasteiger partial charge in [-0.2, -0.15) is 0 Å². The van der Waals surface area contributed by atoms with Gasteiger partial charge in [-0.15, -0.1) is 0 Å². The molecule has 298 valence electrons. The molecule has 0 N–H and O–H groups in total. The smallest absolute Gasteiger partial charge is 0.0543 e. The number of nitrogens with zero attached hydrogens (tertiary/aromatic N) is 2. The van der Waals surface area contributed by atoms with Crippen LogP contribution in [0.5, 0.6) is 0 Å². The van der Waals surface area contributed by atoms with Gasteiger partial charge in [-0.1, -0.05) is 165 Å². The van der Waals surface area contributed by atoms with Crippen LogP contribution in [0.3, 0.4) is 0 Å². The van der Waals surface area contributed by atoms with Gasteiger partial charge in [0, 0.05) is 38.9 Å². The van der Waals surface area contributed by atoms with Crippen LogP contribution in [0.25, 0.3) is 53.9 Å². The standard InChI is InChI=1S/C59H52N2/c1-57(2,3)48-35-51(60(39-20-12-9-13-21-39)40-22-14-10-15-23-40)45-31-29-44-49(58(4,5)6)36-52(46-32-30-43(48)55(45)56(44)46)61(41-24-16-11-17-25-41)42-33-38-28-27-37-19-18-26-47-53(37)54(38)50(34-42)59(47,7)8/h9-36H,1-8H3. The molecule has 1 aliphatic rings. The third-order valence-corrected chi connectivity index (χ3v) is 13.5. The van der Waals surface area contributed by atoms with Gasteiger partial charge in [0.2, 0.25) is 0 Å². The highest BCUT2D eigenvalue weighted by Crippen LogP contribution is 2.54. The molecule has 0 aliphatic heterocycles. The first-order chi connectivity index (χ1) is 29.3. The highest BCUT2D eigenvalue weighted by molar-refractivity contribution is 6.29. The van der Waals surface area contributed by atoms with E-state index in [4.69, 9.17) is 0 Å². The first-order valence-electron chi connectivity index (χ1n) is 21.9. The van der Waals surface area contributed by atoms with Crippen molar-refractivity contribution in [2.45, 2.75) is 71.6 Å². The van der Waals surface area contributed by atoms with Gasteiger partial charge in [0.05, 0.1) is 11.4 Å². The van der Waals surface area contributed by atoms with Gasteiger partial charge < -0.3 is 9.80 Å². The van der Waals surface area contributed by atoms with Crippen molar-refractivity contribution in [3.8, 4) is 0 Å². The predicted molar refractivity (Wildman–Crippen MR) is 264 cm³/mol. The van der Waals surface area contributed by atoms with Crippen LogP contribution >= 0.6 is 0 Å². The van der Waals surface area contributed by atoms with Gasteiger partial charge in [0.15, 0.2) is 0 Å². The fraction of sp³-hybridized carbons (Fsp3) is 0.186. The Balaban J connectivity index is 1.27. The molecule has 0 spiro atoms. The van der Waals surface area contributed by atoms with E-state index in [1.807, 2.05) is 0 Å². The maximum Gasteiger partial charge on any atom is 0.0543 e. The highest BCUT2D eigenvalue weighted by Gasteiger charge is 2.36. The van der Waals surface area contributed by atoms with E-state index in [2.05, 4.69) is 235 Å². The summed E-state index contributed by atoms with van der Waals surface area (Å²) in [5.74, 6) is 0. The second-order valence-electron chi connectivity index (χ2n) is 19.8. The summed E-state index contributed by atoms with van der Waals surface area (Å²) < 4.78 is 0. The molecule has 0 aromatic heterocycles. The van der Waals surface area contributed by atoms with Crippen molar-refractivity contribution in [2.75, 3.05) is 9.80 Å². The van der Waals surface area contributed by atoms with E-state index < -0.39 is 0 Å². The molecule has 0 radical (unpaired) electrons. The fourth-order valence-corrected chi connectivity index (χ4v) is 10.7. The molecular weight excluding hydrogens is 737 g/mol. The van der Waals surface area contributed by atoms with Crippen molar-refractivity contribution in [3.63, 3.8) is 0 Å². The molecule has 0 amide bonds. The molecule has 0 fully saturated rings. The topological polar surface area (TPSA) is 6.48 Å². The van der Waals surface area contributed by atoms with E-state index in [0.29, 0.717) is 0 Å². The van der Waals surface area contributed by atoms with E-state index in [-0.39, 0.29) is 16.2 Å². The van der Waals surface area contributed by atoms with Crippen molar-refractivity contribution in [1.82, 2.24) is 0 Å². The minimum absolute atomic E-state index is 0.120. The molecule has 0 saturated heterocycles. The predicted octanol–water partition coefficient (Wildman–Crippen LogP) is 17.1. The molecule has 1 aliphatic carbocycles. The zero-order valence-corrected chi connectivity index (χ0v) is 36.6. The molecule has 11 rings (SSSR count). The molecule has 0 unspecified atom stereocenters. The van der Waals surface area contributed by atoms with Gasteiger partial charge in [0.1, 0.15) is 0 Å². The molecule has 10 aromatic rings. The highest BCUT2D eigenvalue weighted by atomic mass is 15.2. The Labute approximate surface area is 360 Å². The van der Waals surface area contributed by atoms with Gasteiger partial charge in [0.25, 0.3) is 0 Å². The van der Waals surface area contributed by atoms with Crippen molar-refractivity contribution >= 4 is 88.0 Å². The van der Waals surface area contributed by atoms with Gasteiger partial charge in [-0.3, -0.25) is 0 Å². The number of rotatable bonds is 6. The summed E-state index contributed by atoms with van der Waals surface area (Å²) in [4.78, 5) is 5.00. The number of anilines is 6. The second-order valence-corrected chi connectivity index (χ2v) is 19.8. The summed E-state index contributed by atoms with van der Waals surface area (Å²) >= 11 is 0. The molecule has 2 heteroatoms. The van der Waals surface area contributed by atoms with Crippen LogP contribution in [0.4, 0.5) is 34.1 Å². The minimum atomic E-state index is -0.137. The van der Waals surface area contributed by atoms with Crippen LogP contribution in [0.1, 0.15) is 77.6 Å². The van der Waals surface area contributed by atoms with E-state index in [0.717, 1.165) is 17.1 Å². The molecule has 0 atom stereocenters. The van der Waals surface area contributed by atoms with Gasteiger partial charge >= 0.3 is 0 Å². The summed E-state index contributed by atoms with van der Waals surface area (Å²) in [5, 5.41) is 13.2. The lowest BCUT2D eigenvalue weighted by Crippen LogP contribution is -2.18. The summed E-state index contributed by atoms with van der Waals surface area (Å²) in [6.45, 7) is 19.0. The molecule has 0 bridgehead atoms. The Kier molecular flexibility index (Phi) is 8.07. The maximum atomic E-state index is 2.55. The first-order valence-corrected chi connectivity index (χ1v) is 21.9. The molecule has 61 heavy (non-hydrogen) atoms. The second kappa shape index (κ2) is 13.2. The lowest BCUT2D eigenvalue weighted by molar-refractivity contribution is 0.595. The Morgan fingerprint density at radius 2 is 0.770 bits per heavy atom. The van der Waals surface area contributed by atoms with Crippen LogP contribution in [0.15, 0.2) is 170 Å². The molecule has 0 heterocycles. The van der Waals surface area contributed by atoms with E-state index in [1.54, 1.807) is 0 Å². The van der Waals surface area contributed by atoms with E-state index in [9.17, 15) is 0 Å². The summed E-state index contributed by atoms with van der Waals surface area (Å²) in [6.07, 6.45) is 0. The van der Waals surface area contributed by atoms with Gasteiger partial charge in [-0.05, 0) is 137 Å². The van der Waals surface area contributed by atoms with Crippen LogP contribution in [0.2, 0.25) is 0 Å². The fourth-order valence-electron chi connectivity index (χ4n) is 10.7. The zero-order chi connectivity index (χ0) is 42.0. The summed E-state index contributed by atoms with van der Waals surface area (Å²) in [5.41, 5.74) is 12.1. The van der Waals surface area contributed by atoms with Crippen LogP contribution in [-0.4, -0.2) is 0 Å². The van der Waals surface area contributed by atoms with Crippen LogP contribution < -0.4 is 9.80 Å². The molecule has 10 aromatic carbocycles. The van der Waals surface area contributed by atoms with Crippen LogP contribution in [-0.2, 0) is 16.2 Å². The summed E-state index contributed by atoms with van der Waals surface area (Å²) in [6, 6.07) is 63.8. The normalized spacial score (nSPS) is 13.7. The third kappa shape index (κ3) is 5.61. The van der Waals surface area contributed by atoms with Crippen molar-refractivity contribution < 1.29 is 0 Å². The number of para-hydroxylation sites is 3. The Hall–Kier alpha value is -6.64. The van der Waals surface area contributed by atoms with Crippen LogP contribution in [0, 0.1) is 0 Å². The quantitative estimate of drug-likeness (QED) is 0.155. The molecule has 0 saturated carbocycles. The number of benzene rings is 10. The van der Waals surface area contributed by atoms with Crippen molar-refractivity contribution in [3.05, 3.63) is 192 Å². The first kappa shape index (κ1) is 37.4. The Bertz CT molecular complexity index is 3290. The van der Waals surface area contributed by atoms with Crippen molar-refractivity contribution in [1.29, 1.82) is 0 Å². The summed E-state index contributed by atoms with van der Waals surface area (Å²) in [7, 11) is 0. The minimum Gasteiger partial charge on any atom is -0.310 e. The lowest BCUT2D eigenvalue weighted by atomic mass is 9.77. The zero-order valence-electron chi connectivity index (χ0n) is 36.6. The SMILES string of the molecule is CC(C)(C)c1cc(N(c2ccccc2)c2ccccc2)c2ccc3c(C(C)(C)C)cc(N(c4ccccc4)c4cc5c6c(ccc7cccc(c76)C5(C)C)c4)c4ccc1c2c43. The largest absolute Gasteiger partial charge is 0.310 e. The monoisotopic (exact) mass is 788 g/mol. The number of hydrogen-bond donors (Lipinski definition) is 0. The van der Waals surface area contributed by atoms with Crippen molar-refractivity contribution in [2.24, 2.45) is 0 Å². The molecule has 2 nitrogen and oxygen atoms in total. The Morgan fingerprint density at radius 1 is 0.344 bits per heavy atom. The maximum absolute atomic E-state index is 2.55. The number of hydrogen-bond acceptors (Lipinski definition) is 2.